The molecule has 1 amide bonds. The fourth-order valence-corrected chi connectivity index (χ4v) is 4.88. The number of amides is 1. The summed E-state index contributed by atoms with van der Waals surface area (Å²) in [6.07, 6.45) is 1.71. The molecule has 0 saturated carbocycles. The maximum absolute atomic E-state index is 12.8. The molecule has 1 fully saturated rings. The van der Waals surface area contributed by atoms with Crippen molar-refractivity contribution in [2.75, 3.05) is 18.4 Å². The maximum atomic E-state index is 12.8. The molecular formula is C22H24N4O4S. The summed E-state index contributed by atoms with van der Waals surface area (Å²) >= 11 is 0. The largest absolute Gasteiger partial charge is 0.403 e. The number of aromatic nitrogens is 2. The molecular weight excluding hydrogens is 416 g/mol. The van der Waals surface area contributed by atoms with E-state index < -0.39 is 15.9 Å². The molecule has 0 atom stereocenters. The van der Waals surface area contributed by atoms with E-state index in [9.17, 15) is 13.2 Å². The molecule has 3 aromatic rings. The van der Waals surface area contributed by atoms with Gasteiger partial charge < -0.3 is 4.42 Å². The van der Waals surface area contributed by atoms with Crippen molar-refractivity contribution >= 4 is 21.9 Å². The van der Waals surface area contributed by atoms with Crippen molar-refractivity contribution in [1.82, 2.24) is 14.5 Å². The van der Waals surface area contributed by atoms with Crippen LogP contribution in [0.25, 0.3) is 11.5 Å². The molecule has 0 aliphatic carbocycles. The number of hydrogen-bond donors (Lipinski definition) is 1. The van der Waals surface area contributed by atoms with E-state index >= 15 is 0 Å². The second-order valence-corrected chi connectivity index (χ2v) is 9.78. The molecule has 4 rings (SSSR count). The smallest absolute Gasteiger partial charge is 0.322 e. The van der Waals surface area contributed by atoms with Gasteiger partial charge in [0.2, 0.25) is 15.9 Å². The normalized spacial score (nSPS) is 15.7. The predicted octanol–water partition coefficient (Wildman–Crippen LogP) is 3.72. The first-order valence-electron chi connectivity index (χ1n) is 10.1. The van der Waals surface area contributed by atoms with Crippen molar-refractivity contribution in [2.24, 2.45) is 5.92 Å². The molecule has 8 nitrogen and oxygen atoms in total. The van der Waals surface area contributed by atoms with Crippen LogP contribution in [0.1, 0.15) is 35.7 Å². The number of aryl methyl sites for hydroxylation is 1. The van der Waals surface area contributed by atoms with Crippen LogP contribution in [0.2, 0.25) is 0 Å². The van der Waals surface area contributed by atoms with Gasteiger partial charge in [-0.3, -0.25) is 10.1 Å². The van der Waals surface area contributed by atoms with Crippen molar-refractivity contribution < 1.29 is 17.6 Å². The average Bonchev–Trinajstić information content (AvgIpc) is 3.23. The third kappa shape index (κ3) is 4.67. The molecule has 0 bridgehead atoms. The lowest BCUT2D eigenvalue weighted by atomic mass is 10.0. The number of carbonyl (C=O) groups is 1. The summed E-state index contributed by atoms with van der Waals surface area (Å²) in [5.74, 6) is 0.371. The Morgan fingerprint density at radius 3 is 2.32 bits per heavy atom. The van der Waals surface area contributed by atoms with Gasteiger partial charge in [0.15, 0.2) is 0 Å². The Bertz CT molecular complexity index is 1160. The summed E-state index contributed by atoms with van der Waals surface area (Å²) in [6.45, 7) is 5.15. The number of rotatable bonds is 5. The van der Waals surface area contributed by atoms with Crippen LogP contribution >= 0.6 is 0 Å². The summed E-state index contributed by atoms with van der Waals surface area (Å²) in [5, 5.41) is 10.4. The van der Waals surface area contributed by atoms with Gasteiger partial charge >= 0.3 is 6.01 Å². The Morgan fingerprint density at radius 1 is 1.03 bits per heavy atom. The Hall–Kier alpha value is -3.04. The van der Waals surface area contributed by atoms with Crippen LogP contribution in [-0.4, -0.2) is 41.9 Å². The zero-order valence-corrected chi connectivity index (χ0v) is 18.2. The van der Waals surface area contributed by atoms with Crippen molar-refractivity contribution in [3.05, 3.63) is 59.7 Å². The Labute approximate surface area is 181 Å². The first-order valence-corrected chi connectivity index (χ1v) is 11.6. The summed E-state index contributed by atoms with van der Waals surface area (Å²) in [4.78, 5) is 12.7. The molecule has 1 N–H and O–H groups in total. The third-order valence-electron chi connectivity index (χ3n) is 5.44. The minimum atomic E-state index is -3.56. The molecule has 1 aliphatic rings. The molecule has 9 heteroatoms. The van der Waals surface area contributed by atoms with Crippen LogP contribution in [0.4, 0.5) is 6.01 Å². The van der Waals surface area contributed by atoms with Crippen LogP contribution in [-0.2, 0) is 10.0 Å². The van der Waals surface area contributed by atoms with Crippen molar-refractivity contribution in [2.45, 2.75) is 31.6 Å². The van der Waals surface area contributed by atoms with E-state index in [1.807, 2.05) is 31.2 Å². The highest BCUT2D eigenvalue weighted by atomic mass is 32.2. The second kappa shape index (κ2) is 8.60. The topological polar surface area (TPSA) is 105 Å². The van der Waals surface area contributed by atoms with E-state index in [4.69, 9.17) is 4.42 Å². The summed E-state index contributed by atoms with van der Waals surface area (Å²) < 4.78 is 32.7. The third-order valence-corrected chi connectivity index (χ3v) is 7.35. The molecule has 0 spiro atoms. The lowest BCUT2D eigenvalue weighted by Crippen LogP contribution is -2.37. The van der Waals surface area contributed by atoms with Gasteiger partial charge in [0.05, 0.1) is 4.90 Å². The van der Waals surface area contributed by atoms with Crippen LogP contribution in [0.5, 0.6) is 0 Å². The van der Waals surface area contributed by atoms with Gasteiger partial charge in [0.25, 0.3) is 5.91 Å². The van der Waals surface area contributed by atoms with Crippen LogP contribution < -0.4 is 5.32 Å². The average molecular weight is 441 g/mol. The van der Waals surface area contributed by atoms with Gasteiger partial charge in [0.1, 0.15) is 0 Å². The van der Waals surface area contributed by atoms with Crippen LogP contribution in [0.15, 0.2) is 57.8 Å². The highest BCUT2D eigenvalue weighted by Gasteiger charge is 2.28. The zero-order chi connectivity index (χ0) is 22.0. The van der Waals surface area contributed by atoms with Gasteiger partial charge in [-0.15, -0.1) is 5.10 Å². The predicted molar refractivity (Wildman–Crippen MR) is 116 cm³/mol. The minimum absolute atomic E-state index is 0.0280. The highest BCUT2D eigenvalue weighted by molar-refractivity contribution is 7.89. The molecule has 31 heavy (non-hydrogen) atoms. The van der Waals surface area contributed by atoms with Crippen molar-refractivity contribution in [3.63, 3.8) is 0 Å². The number of hydrogen-bond acceptors (Lipinski definition) is 6. The van der Waals surface area contributed by atoms with Gasteiger partial charge in [0, 0.05) is 24.2 Å². The number of benzene rings is 2. The fraction of sp³-hybridized carbons (Fsp3) is 0.318. The zero-order valence-electron chi connectivity index (χ0n) is 17.4. The van der Waals surface area contributed by atoms with E-state index in [1.165, 1.54) is 28.6 Å². The summed E-state index contributed by atoms with van der Waals surface area (Å²) in [6, 6.07) is 13.4. The van der Waals surface area contributed by atoms with Gasteiger partial charge in [-0.1, -0.05) is 29.7 Å². The van der Waals surface area contributed by atoms with Crippen molar-refractivity contribution in [3.8, 4) is 11.5 Å². The monoisotopic (exact) mass is 440 g/mol. The van der Waals surface area contributed by atoms with E-state index in [0.29, 0.717) is 30.5 Å². The van der Waals surface area contributed by atoms with E-state index in [-0.39, 0.29) is 10.9 Å². The molecule has 1 saturated heterocycles. The number of nitrogens with one attached hydrogen (secondary N) is 1. The lowest BCUT2D eigenvalue weighted by molar-refractivity contribution is 0.102. The van der Waals surface area contributed by atoms with E-state index in [2.05, 4.69) is 22.4 Å². The maximum Gasteiger partial charge on any atom is 0.322 e. The van der Waals surface area contributed by atoms with Gasteiger partial charge in [-0.25, -0.2) is 8.42 Å². The molecule has 162 valence electrons. The highest BCUT2D eigenvalue weighted by Crippen LogP contribution is 2.24. The molecule has 2 aromatic carbocycles. The molecule has 1 aromatic heterocycles. The standard InChI is InChI=1S/C22H24N4O4S/c1-15-3-5-18(6-4-15)21-24-25-22(30-21)23-20(27)17-7-9-19(10-8-17)31(28,29)26-13-11-16(2)12-14-26/h3-10,16H,11-14H2,1-2H3,(H,23,25,27). The van der Waals surface area contributed by atoms with Crippen LogP contribution in [0.3, 0.4) is 0 Å². The fourth-order valence-electron chi connectivity index (χ4n) is 3.41. The molecule has 0 radical (unpaired) electrons. The van der Waals surface area contributed by atoms with Crippen molar-refractivity contribution in [1.29, 1.82) is 0 Å². The van der Waals surface area contributed by atoms with Gasteiger partial charge in [-0.05, 0) is 62.1 Å². The van der Waals surface area contributed by atoms with E-state index in [1.54, 1.807) is 0 Å². The number of carbonyl (C=O) groups excluding carboxylic acids is 1. The quantitative estimate of drug-likeness (QED) is 0.648. The minimum Gasteiger partial charge on any atom is -0.403 e. The summed E-state index contributed by atoms with van der Waals surface area (Å²) in [5.41, 5.74) is 2.15. The molecule has 1 aliphatic heterocycles. The Morgan fingerprint density at radius 2 is 1.68 bits per heavy atom. The number of nitrogens with zero attached hydrogens (tertiary/aromatic N) is 3. The first-order chi connectivity index (χ1) is 14.8. The van der Waals surface area contributed by atoms with Crippen LogP contribution in [0, 0.1) is 12.8 Å². The number of anilines is 1. The number of sulfonamides is 1. The van der Waals surface area contributed by atoms with E-state index in [0.717, 1.165) is 24.0 Å². The second-order valence-electron chi connectivity index (χ2n) is 7.84. The lowest BCUT2D eigenvalue weighted by Gasteiger charge is -2.29. The first kappa shape index (κ1) is 21.2. The van der Waals surface area contributed by atoms with Gasteiger partial charge in [-0.2, -0.15) is 4.31 Å². The Kier molecular flexibility index (Phi) is 5.88. The SMILES string of the molecule is Cc1ccc(-c2nnc(NC(=O)c3ccc(S(=O)(=O)N4CCC(C)CC4)cc3)o2)cc1. The molecule has 0 unspecified atom stereocenters. The Balaban J connectivity index is 1.43. The molecule has 2 heterocycles. The summed E-state index contributed by atoms with van der Waals surface area (Å²) in [7, 11) is -3.56. The number of piperidine rings is 1.